The van der Waals surface area contributed by atoms with Crippen molar-refractivity contribution in [3.63, 3.8) is 0 Å². The van der Waals surface area contributed by atoms with Crippen molar-refractivity contribution in [3.8, 4) is 0 Å². The number of amides is 1. The van der Waals surface area contributed by atoms with Crippen molar-refractivity contribution in [1.82, 2.24) is 5.32 Å². The van der Waals surface area contributed by atoms with Crippen LogP contribution >= 0.6 is 35.4 Å². The molecule has 0 atom stereocenters. The molecule has 2 rings (SSSR count). The van der Waals surface area contributed by atoms with Crippen molar-refractivity contribution in [2.75, 3.05) is 17.2 Å². The Hall–Kier alpha value is -2.03. The minimum Gasteiger partial charge on any atom is -0.353 e. The van der Waals surface area contributed by atoms with Crippen LogP contribution < -0.4 is 16.0 Å². The Morgan fingerprint density at radius 3 is 2.40 bits per heavy atom. The maximum absolute atomic E-state index is 13.5. The molecule has 0 aliphatic carbocycles. The highest BCUT2D eigenvalue weighted by Crippen LogP contribution is 2.25. The average Bonchev–Trinajstić information content (AvgIpc) is 2.57. The summed E-state index contributed by atoms with van der Waals surface area (Å²) in [5, 5.41) is 8.24. The normalized spacial score (nSPS) is 10.3. The number of hydrogen-bond acceptors (Lipinski definition) is 2. The largest absolute Gasteiger partial charge is 0.353 e. The quantitative estimate of drug-likeness (QED) is 0.521. The third kappa shape index (κ3) is 5.22. The molecule has 0 unspecified atom stereocenters. The van der Waals surface area contributed by atoms with Crippen LogP contribution in [0, 0.1) is 17.5 Å². The first-order valence-corrected chi connectivity index (χ1v) is 7.87. The first kappa shape index (κ1) is 19.3. The minimum absolute atomic E-state index is 0.0966. The van der Waals surface area contributed by atoms with Gasteiger partial charge in [0.15, 0.2) is 22.6 Å². The summed E-state index contributed by atoms with van der Waals surface area (Å²) in [7, 11) is 0. The minimum atomic E-state index is -1.66. The van der Waals surface area contributed by atoms with Crippen LogP contribution in [0.3, 0.4) is 0 Å². The Balaban J connectivity index is 1.88. The van der Waals surface area contributed by atoms with Gasteiger partial charge in [0.05, 0.1) is 22.3 Å². The lowest BCUT2D eigenvalue weighted by molar-refractivity contribution is -0.115. The molecule has 10 heteroatoms. The number of carbonyl (C=O) groups is 1. The molecule has 0 aliphatic heterocycles. The molecule has 4 nitrogen and oxygen atoms in total. The lowest BCUT2D eigenvalue weighted by atomic mass is 10.2. The molecule has 3 N–H and O–H groups in total. The molecular weight excluding hydrogens is 398 g/mol. The maximum atomic E-state index is 13.5. The van der Waals surface area contributed by atoms with E-state index in [1.54, 1.807) is 12.1 Å². The lowest BCUT2D eigenvalue weighted by Gasteiger charge is -2.12. The number of hydrogen-bond donors (Lipinski definition) is 3. The first-order valence-electron chi connectivity index (χ1n) is 6.71. The van der Waals surface area contributed by atoms with E-state index < -0.39 is 29.0 Å². The number of benzene rings is 2. The van der Waals surface area contributed by atoms with E-state index in [1.807, 2.05) is 0 Å². The Morgan fingerprint density at radius 1 is 1.00 bits per heavy atom. The van der Waals surface area contributed by atoms with E-state index in [1.165, 1.54) is 6.07 Å². The van der Waals surface area contributed by atoms with Crippen LogP contribution in [0.25, 0.3) is 0 Å². The second kappa shape index (κ2) is 8.37. The fraction of sp³-hybridized carbons (Fsp3) is 0.0667. The summed E-state index contributed by atoms with van der Waals surface area (Å²) in [6, 6.07) is 6.34. The monoisotopic (exact) mass is 407 g/mol. The van der Waals surface area contributed by atoms with Gasteiger partial charge in [-0.25, -0.2) is 13.2 Å². The average molecular weight is 408 g/mol. The summed E-state index contributed by atoms with van der Waals surface area (Å²) in [6.07, 6.45) is 0. The van der Waals surface area contributed by atoms with Crippen molar-refractivity contribution in [3.05, 3.63) is 57.8 Å². The fourth-order valence-electron chi connectivity index (χ4n) is 1.73. The molecule has 0 fully saturated rings. The van der Waals surface area contributed by atoms with Crippen molar-refractivity contribution < 1.29 is 18.0 Å². The molecule has 0 bridgehead atoms. The molecule has 1 amide bonds. The van der Waals surface area contributed by atoms with Crippen LogP contribution in [0.5, 0.6) is 0 Å². The van der Waals surface area contributed by atoms with E-state index >= 15 is 0 Å². The van der Waals surface area contributed by atoms with E-state index in [0.717, 1.165) is 6.07 Å². The van der Waals surface area contributed by atoms with Gasteiger partial charge in [0, 0.05) is 5.69 Å². The van der Waals surface area contributed by atoms with Gasteiger partial charge in [0.25, 0.3) is 0 Å². The number of halogens is 5. The number of nitrogens with one attached hydrogen (secondary N) is 3. The van der Waals surface area contributed by atoms with Crippen molar-refractivity contribution in [2.45, 2.75) is 0 Å². The zero-order valence-electron chi connectivity index (χ0n) is 12.3. The Bertz CT molecular complexity index is 836. The second-order valence-electron chi connectivity index (χ2n) is 4.71. The van der Waals surface area contributed by atoms with Gasteiger partial charge in [-0.2, -0.15) is 0 Å². The molecule has 0 aromatic heterocycles. The van der Waals surface area contributed by atoms with E-state index in [2.05, 4.69) is 16.0 Å². The highest BCUT2D eigenvalue weighted by Gasteiger charge is 2.15. The first-order chi connectivity index (χ1) is 11.8. The highest BCUT2D eigenvalue weighted by atomic mass is 35.5. The predicted molar refractivity (Wildman–Crippen MR) is 95.6 cm³/mol. The molecular formula is C15H10Cl2F3N3OS. The van der Waals surface area contributed by atoms with Gasteiger partial charge in [0.1, 0.15) is 0 Å². The summed E-state index contributed by atoms with van der Waals surface area (Å²) in [4.78, 5) is 11.7. The molecule has 132 valence electrons. The molecule has 0 saturated heterocycles. The summed E-state index contributed by atoms with van der Waals surface area (Å²) < 4.78 is 39.4. The van der Waals surface area contributed by atoms with Gasteiger partial charge < -0.3 is 16.0 Å². The maximum Gasteiger partial charge on any atom is 0.243 e. The van der Waals surface area contributed by atoms with E-state index in [9.17, 15) is 18.0 Å². The van der Waals surface area contributed by atoms with Crippen molar-refractivity contribution in [1.29, 1.82) is 0 Å². The summed E-state index contributed by atoms with van der Waals surface area (Å²) in [5.41, 5.74) is 0.0630. The smallest absolute Gasteiger partial charge is 0.243 e. The van der Waals surface area contributed by atoms with Gasteiger partial charge in [-0.1, -0.05) is 23.2 Å². The number of thiocarbonyl (C=S) groups is 1. The topological polar surface area (TPSA) is 53.2 Å². The number of rotatable bonds is 4. The number of anilines is 2. The fourth-order valence-corrected chi connectivity index (χ4v) is 2.21. The Kier molecular flexibility index (Phi) is 6.46. The highest BCUT2D eigenvalue weighted by molar-refractivity contribution is 7.80. The van der Waals surface area contributed by atoms with E-state index in [0.29, 0.717) is 21.8 Å². The second-order valence-corrected chi connectivity index (χ2v) is 5.93. The zero-order chi connectivity index (χ0) is 18.6. The molecule has 0 radical (unpaired) electrons. The van der Waals surface area contributed by atoms with Gasteiger partial charge in [0.2, 0.25) is 5.91 Å². The Morgan fingerprint density at radius 2 is 1.72 bits per heavy atom. The number of carbonyl (C=O) groups excluding carboxylic acids is 1. The van der Waals surface area contributed by atoms with Gasteiger partial charge in [-0.3, -0.25) is 4.79 Å². The third-order valence-electron chi connectivity index (χ3n) is 2.90. The van der Waals surface area contributed by atoms with Crippen molar-refractivity contribution in [2.24, 2.45) is 0 Å². The van der Waals surface area contributed by atoms with Gasteiger partial charge >= 0.3 is 0 Å². The zero-order valence-corrected chi connectivity index (χ0v) is 14.6. The predicted octanol–water partition coefficient (Wildman–Crippen LogP) is 4.34. The van der Waals surface area contributed by atoms with Crippen LogP contribution in [-0.2, 0) is 4.79 Å². The van der Waals surface area contributed by atoms with E-state index in [-0.39, 0.29) is 11.7 Å². The molecule has 0 heterocycles. The Labute approximate surface area is 156 Å². The molecule has 0 saturated carbocycles. The molecule has 25 heavy (non-hydrogen) atoms. The summed E-state index contributed by atoms with van der Waals surface area (Å²) in [5.74, 6) is -5.20. The molecule has 0 aliphatic rings. The molecule has 2 aromatic carbocycles. The van der Waals surface area contributed by atoms with Crippen LogP contribution in [0.15, 0.2) is 30.3 Å². The van der Waals surface area contributed by atoms with E-state index in [4.69, 9.17) is 35.4 Å². The van der Waals surface area contributed by atoms with Gasteiger partial charge in [-0.15, -0.1) is 0 Å². The summed E-state index contributed by atoms with van der Waals surface area (Å²) >= 11 is 16.6. The SMILES string of the molecule is O=C(CNC(=S)Nc1ccc(Cl)c(Cl)c1)Nc1ccc(F)c(F)c1F. The van der Waals surface area contributed by atoms with Crippen LogP contribution in [-0.4, -0.2) is 17.6 Å². The van der Waals surface area contributed by atoms with Crippen molar-refractivity contribution >= 4 is 57.8 Å². The third-order valence-corrected chi connectivity index (χ3v) is 3.88. The van der Waals surface area contributed by atoms with Crippen LogP contribution in [0.4, 0.5) is 24.5 Å². The molecule has 0 spiro atoms. The molecule has 2 aromatic rings. The lowest BCUT2D eigenvalue weighted by Crippen LogP contribution is -2.35. The summed E-state index contributed by atoms with van der Waals surface area (Å²) in [6.45, 7) is -0.328. The van der Waals surface area contributed by atoms with Crippen LogP contribution in [0.1, 0.15) is 0 Å². The van der Waals surface area contributed by atoms with Crippen LogP contribution in [0.2, 0.25) is 10.0 Å². The standard InChI is InChI=1S/C15H10Cl2F3N3OS/c16-8-2-1-7(5-9(8)17)22-15(25)21-6-12(24)23-11-4-3-10(18)13(19)14(11)20/h1-5H,6H2,(H,23,24)(H2,21,22,25). The van der Waals surface area contributed by atoms with Gasteiger partial charge in [-0.05, 0) is 42.5 Å².